The van der Waals surface area contributed by atoms with Crippen LogP contribution in [-0.4, -0.2) is 31.7 Å². The summed E-state index contributed by atoms with van der Waals surface area (Å²) < 4.78 is 16.6. The number of benzene rings is 2. The highest BCUT2D eigenvalue weighted by molar-refractivity contribution is 5.79. The second kappa shape index (κ2) is 11.4. The largest absolute Gasteiger partial charge is 0.497 e. The van der Waals surface area contributed by atoms with E-state index in [9.17, 15) is 0 Å². The Balaban J connectivity index is 1.50. The number of nitrogens with one attached hydrogen (secondary N) is 2. The van der Waals surface area contributed by atoms with Gasteiger partial charge in [-0.15, -0.1) is 0 Å². The second-order valence-corrected chi connectivity index (χ2v) is 6.60. The molecule has 3 aromatic rings. The first-order valence-electron chi connectivity index (χ1n) is 10.1. The lowest BCUT2D eigenvalue weighted by molar-refractivity contribution is 0.336. The van der Waals surface area contributed by atoms with E-state index in [0.29, 0.717) is 37.3 Å². The minimum Gasteiger partial charge on any atom is -0.497 e. The van der Waals surface area contributed by atoms with Crippen LogP contribution in [0.4, 0.5) is 0 Å². The standard InChI is InChI=1S/C24H28N4O3/c1-4-30-22-8-6-5-7-19(22)17-28-24(25-2)27-16-18-9-14-23(26-15-18)31-21-12-10-20(29-3)11-13-21/h5-15H,4,16-17H2,1-3H3,(H2,25,27,28). The van der Waals surface area contributed by atoms with Gasteiger partial charge in [0, 0.05) is 38.0 Å². The molecule has 0 bridgehead atoms. The Kier molecular flexibility index (Phi) is 8.11. The van der Waals surface area contributed by atoms with E-state index in [4.69, 9.17) is 14.2 Å². The van der Waals surface area contributed by atoms with Crippen LogP contribution in [0.2, 0.25) is 0 Å². The molecule has 7 heteroatoms. The Morgan fingerprint density at radius 2 is 1.68 bits per heavy atom. The monoisotopic (exact) mass is 420 g/mol. The molecule has 0 aliphatic rings. The number of rotatable bonds is 9. The van der Waals surface area contributed by atoms with Gasteiger partial charge in [-0.2, -0.15) is 0 Å². The summed E-state index contributed by atoms with van der Waals surface area (Å²) in [5, 5.41) is 6.60. The van der Waals surface area contributed by atoms with Crippen LogP contribution >= 0.6 is 0 Å². The van der Waals surface area contributed by atoms with Gasteiger partial charge in [0.05, 0.1) is 13.7 Å². The summed E-state index contributed by atoms with van der Waals surface area (Å²) in [6, 6.07) is 19.2. The molecule has 0 fully saturated rings. The third-order valence-electron chi connectivity index (χ3n) is 4.48. The summed E-state index contributed by atoms with van der Waals surface area (Å²) in [4.78, 5) is 8.66. The van der Waals surface area contributed by atoms with Crippen molar-refractivity contribution in [1.29, 1.82) is 0 Å². The number of pyridine rings is 1. The molecule has 0 aliphatic heterocycles. The Bertz CT molecular complexity index is 973. The first-order valence-corrected chi connectivity index (χ1v) is 10.1. The number of aromatic nitrogens is 1. The molecule has 0 saturated carbocycles. The number of methoxy groups -OCH3 is 1. The number of ether oxygens (including phenoxy) is 3. The van der Waals surface area contributed by atoms with Gasteiger partial charge in [-0.3, -0.25) is 4.99 Å². The summed E-state index contributed by atoms with van der Waals surface area (Å²) in [6.45, 7) is 3.81. The fourth-order valence-corrected chi connectivity index (χ4v) is 2.87. The van der Waals surface area contributed by atoms with Crippen LogP contribution in [0.3, 0.4) is 0 Å². The Hall–Kier alpha value is -3.74. The molecule has 2 N–H and O–H groups in total. The van der Waals surface area contributed by atoms with E-state index in [1.165, 1.54) is 0 Å². The smallest absolute Gasteiger partial charge is 0.219 e. The van der Waals surface area contributed by atoms with E-state index < -0.39 is 0 Å². The predicted molar refractivity (Wildman–Crippen MR) is 122 cm³/mol. The first-order chi connectivity index (χ1) is 15.2. The molecule has 0 radical (unpaired) electrons. The van der Waals surface area contributed by atoms with E-state index in [-0.39, 0.29) is 0 Å². The molecule has 0 spiro atoms. The zero-order valence-corrected chi connectivity index (χ0v) is 18.1. The molecule has 2 aromatic carbocycles. The topological polar surface area (TPSA) is 77.0 Å². The van der Waals surface area contributed by atoms with Crippen molar-refractivity contribution in [3.63, 3.8) is 0 Å². The summed E-state index contributed by atoms with van der Waals surface area (Å²) in [5.41, 5.74) is 2.09. The lowest BCUT2D eigenvalue weighted by atomic mass is 10.2. The molecule has 0 atom stereocenters. The number of hydrogen-bond acceptors (Lipinski definition) is 5. The quantitative estimate of drug-likeness (QED) is 0.400. The maximum atomic E-state index is 5.76. The van der Waals surface area contributed by atoms with E-state index in [2.05, 4.69) is 20.6 Å². The van der Waals surface area contributed by atoms with Crippen molar-refractivity contribution in [3.8, 4) is 23.1 Å². The molecule has 7 nitrogen and oxygen atoms in total. The molecule has 0 saturated heterocycles. The highest BCUT2D eigenvalue weighted by atomic mass is 16.5. The third-order valence-corrected chi connectivity index (χ3v) is 4.48. The van der Waals surface area contributed by atoms with Crippen molar-refractivity contribution in [3.05, 3.63) is 78.0 Å². The average molecular weight is 421 g/mol. The Morgan fingerprint density at radius 1 is 0.935 bits per heavy atom. The van der Waals surface area contributed by atoms with Crippen molar-refractivity contribution < 1.29 is 14.2 Å². The molecule has 3 rings (SSSR count). The fourth-order valence-electron chi connectivity index (χ4n) is 2.87. The van der Waals surface area contributed by atoms with Crippen molar-refractivity contribution in [2.45, 2.75) is 20.0 Å². The predicted octanol–water partition coefficient (Wildman–Crippen LogP) is 4.15. The van der Waals surface area contributed by atoms with Crippen LogP contribution in [0, 0.1) is 0 Å². The maximum Gasteiger partial charge on any atom is 0.219 e. The van der Waals surface area contributed by atoms with E-state index >= 15 is 0 Å². The van der Waals surface area contributed by atoms with Gasteiger partial charge in [0.2, 0.25) is 5.88 Å². The summed E-state index contributed by atoms with van der Waals surface area (Å²) in [7, 11) is 3.38. The average Bonchev–Trinajstić information content (AvgIpc) is 2.82. The van der Waals surface area contributed by atoms with Gasteiger partial charge in [-0.25, -0.2) is 4.98 Å². The zero-order chi connectivity index (χ0) is 21.9. The van der Waals surface area contributed by atoms with Crippen LogP contribution in [0.15, 0.2) is 71.9 Å². The van der Waals surface area contributed by atoms with Crippen LogP contribution in [0.25, 0.3) is 0 Å². The van der Waals surface area contributed by atoms with E-state index in [1.807, 2.05) is 67.6 Å². The van der Waals surface area contributed by atoms with Crippen molar-refractivity contribution in [1.82, 2.24) is 15.6 Å². The van der Waals surface area contributed by atoms with Gasteiger partial charge < -0.3 is 24.8 Å². The van der Waals surface area contributed by atoms with Crippen molar-refractivity contribution in [2.75, 3.05) is 20.8 Å². The van der Waals surface area contributed by atoms with Crippen LogP contribution < -0.4 is 24.8 Å². The molecule has 0 aliphatic carbocycles. The van der Waals surface area contributed by atoms with Crippen LogP contribution in [0.1, 0.15) is 18.1 Å². The SMILES string of the molecule is CCOc1ccccc1CNC(=NC)NCc1ccc(Oc2ccc(OC)cc2)nc1. The van der Waals surface area contributed by atoms with E-state index in [0.717, 1.165) is 22.6 Å². The van der Waals surface area contributed by atoms with Gasteiger partial charge in [-0.1, -0.05) is 24.3 Å². The summed E-state index contributed by atoms with van der Waals surface area (Å²) in [6.07, 6.45) is 1.78. The van der Waals surface area contributed by atoms with E-state index in [1.54, 1.807) is 20.4 Å². The molecule has 0 amide bonds. The number of hydrogen-bond donors (Lipinski definition) is 2. The normalized spacial score (nSPS) is 11.0. The lowest BCUT2D eigenvalue weighted by Gasteiger charge is -2.14. The molecule has 162 valence electrons. The number of nitrogens with zero attached hydrogens (tertiary/aromatic N) is 2. The highest BCUT2D eigenvalue weighted by Gasteiger charge is 2.05. The van der Waals surface area contributed by atoms with Gasteiger partial charge in [0.15, 0.2) is 5.96 Å². The lowest BCUT2D eigenvalue weighted by Crippen LogP contribution is -2.36. The second-order valence-electron chi connectivity index (χ2n) is 6.60. The molecular weight excluding hydrogens is 392 g/mol. The van der Waals surface area contributed by atoms with Gasteiger partial charge >= 0.3 is 0 Å². The first kappa shape index (κ1) is 22.0. The van der Waals surface area contributed by atoms with Gasteiger partial charge in [0.1, 0.15) is 17.2 Å². The van der Waals surface area contributed by atoms with Crippen molar-refractivity contribution >= 4 is 5.96 Å². The van der Waals surface area contributed by atoms with Gasteiger partial charge in [0.25, 0.3) is 0 Å². The van der Waals surface area contributed by atoms with Crippen LogP contribution in [0.5, 0.6) is 23.1 Å². The minimum absolute atomic E-state index is 0.531. The van der Waals surface area contributed by atoms with Crippen LogP contribution in [-0.2, 0) is 13.1 Å². The summed E-state index contributed by atoms with van der Waals surface area (Å²) >= 11 is 0. The zero-order valence-electron chi connectivity index (χ0n) is 18.1. The molecule has 1 heterocycles. The van der Waals surface area contributed by atoms with Gasteiger partial charge in [-0.05, 0) is 42.8 Å². The fraction of sp³-hybridized carbons (Fsp3) is 0.250. The molecular formula is C24H28N4O3. The summed E-state index contributed by atoms with van der Waals surface area (Å²) in [5.74, 6) is 3.60. The Labute approximate surface area is 183 Å². The third kappa shape index (κ3) is 6.64. The molecule has 1 aromatic heterocycles. The molecule has 31 heavy (non-hydrogen) atoms. The number of aliphatic imine (C=N–C) groups is 1. The number of para-hydroxylation sites is 1. The highest BCUT2D eigenvalue weighted by Crippen LogP contribution is 2.22. The molecule has 0 unspecified atom stereocenters. The maximum absolute atomic E-state index is 5.76. The number of guanidine groups is 1. The van der Waals surface area contributed by atoms with Crippen molar-refractivity contribution in [2.24, 2.45) is 4.99 Å². The Morgan fingerprint density at radius 3 is 2.35 bits per heavy atom. The minimum atomic E-state index is 0.531.